The number of aromatic nitrogens is 2. The summed E-state index contributed by atoms with van der Waals surface area (Å²) in [5.74, 6) is 0. The Morgan fingerprint density at radius 3 is 2.52 bits per heavy atom. The van der Waals surface area contributed by atoms with Crippen molar-refractivity contribution in [2.75, 3.05) is 0 Å². The molecule has 0 radical (unpaired) electrons. The van der Waals surface area contributed by atoms with E-state index in [0.717, 1.165) is 22.4 Å². The van der Waals surface area contributed by atoms with Gasteiger partial charge in [-0.2, -0.15) is 18.2 Å². The summed E-state index contributed by atoms with van der Waals surface area (Å²) in [6.45, 7) is 0. The lowest BCUT2D eigenvalue weighted by molar-refractivity contribution is -0.141. The molecule has 0 atom stereocenters. The number of nitrogens with one attached hydrogen (secondary N) is 1. The lowest BCUT2D eigenvalue weighted by Gasteiger charge is -2.06. The molecule has 23 heavy (non-hydrogen) atoms. The zero-order valence-corrected chi connectivity index (χ0v) is 11.8. The molecule has 0 amide bonds. The van der Waals surface area contributed by atoms with Gasteiger partial charge in [-0.3, -0.25) is 0 Å². The number of hydrogen-bond donors (Lipinski definition) is 1. The average molecular weight is 316 g/mol. The first-order valence-corrected chi connectivity index (χ1v) is 6.78. The second-order valence-electron chi connectivity index (χ2n) is 4.92. The van der Waals surface area contributed by atoms with Crippen molar-refractivity contribution < 1.29 is 13.2 Å². The van der Waals surface area contributed by atoms with Crippen molar-refractivity contribution in [3.63, 3.8) is 0 Å². The summed E-state index contributed by atoms with van der Waals surface area (Å²) in [4.78, 5) is 16.5. The zero-order chi connectivity index (χ0) is 16.4. The van der Waals surface area contributed by atoms with Crippen LogP contribution in [0, 0.1) is 0 Å². The molecule has 0 saturated heterocycles. The Kier molecular flexibility index (Phi) is 3.73. The van der Waals surface area contributed by atoms with Gasteiger partial charge in [0.1, 0.15) is 5.69 Å². The number of nitrogens with zero attached hydrogens (tertiary/aromatic N) is 1. The third-order valence-electron chi connectivity index (χ3n) is 3.33. The molecule has 2 aromatic carbocycles. The molecule has 116 valence electrons. The second-order valence-corrected chi connectivity index (χ2v) is 4.92. The Balaban J connectivity index is 2.03. The average Bonchev–Trinajstić information content (AvgIpc) is 2.51. The van der Waals surface area contributed by atoms with Crippen LogP contribution in [0.2, 0.25) is 0 Å². The fourth-order valence-electron chi connectivity index (χ4n) is 2.29. The van der Waals surface area contributed by atoms with Gasteiger partial charge in [-0.05, 0) is 28.5 Å². The van der Waals surface area contributed by atoms with Crippen molar-refractivity contribution in [2.24, 2.45) is 0 Å². The molecule has 0 aliphatic carbocycles. The van der Waals surface area contributed by atoms with Gasteiger partial charge in [0.15, 0.2) is 0 Å². The van der Waals surface area contributed by atoms with Gasteiger partial charge in [0.25, 0.3) is 0 Å². The van der Waals surface area contributed by atoms with Crippen LogP contribution in [0.15, 0.2) is 53.3 Å². The van der Waals surface area contributed by atoms with Crippen molar-refractivity contribution in [3.8, 4) is 0 Å². The van der Waals surface area contributed by atoms with Crippen LogP contribution in [0.25, 0.3) is 22.9 Å². The zero-order valence-electron chi connectivity index (χ0n) is 11.8. The summed E-state index contributed by atoms with van der Waals surface area (Å²) in [7, 11) is 0. The van der Waals surface area contributed by atoms with E-state index in [1.54, 1.807) is 11.1 Å². The maximum atomic E-state index is 12.7. The van der Waals surface area contributed by atoms with Crippen LogP contribution in [0.5, 0.6) is 0 Å². The summed E-state index contributed by atoms with van der Waals surface area (Å²) in [6, 6.07) is 14.1. The molecule has 3 rings (SSSR count). The van der Waals surface area contributed by atoms with E-state index in [2.05, 4.69) is 4.98 Å². The third-order valence-corrected chi connectivity index (χ3v) is 3.33. The minimum atomic E-state index is -4.62. The number of H-pyrrole nitrogens is 1. The Hall–Kier alpha value is -2.89. The van der Waals surface area contributed by atoms with Crippen molar-refractivity contribution in [1.82, 2.24) is 9.97 Å². The smallest absolute Gasteiger partial charge is 0.302 e. The second kappa shape index (κ2) is 5.72. The Bertz CT molecular complexity index is 937. The maximum absolute atomic E-state index is 12.7. The highest BCUT2D eigenvalue weighted by Crippen LogP contribution is 2.27. The molecule has 0 spiro atoms. The van der Waals surface area contributed by atoms with E-state index in [0.29, 0.717) is 0 Å². The summed E-state index contributed by atoms with van der Waals surface area (Å²) in [5.41, 5.74) is -1.36. The van der Waals surface area contributed by atoms with E-state index in [4.69, 9.17) is 0 Å². The molecule has 3 nitrogen and oxygen atoms in total. The van der Waals surface area contributed by atoms with Crippen molar-refractivity contribution in [2.45, 2.75) is 6.18 Å². The number of fused-ring (bicyclic) bond motifs is 1. The van der Waals surface area contributed by atoms with Gasteiger partial charge >= 0.3 is 11.9 Å². The molecule has 1 heterocycles. The van der Waals surface area contributed by atoms with Crippen LogP contribution in [-0.2, 0) is 6.18 Å². The standard InChI is InChI=1S/C17H11F3N2O/c18-17(19,20)15-10-13(21-16(23)22-15)9-8-12-6-3-5-11-4-1-2-7-14(11)12/h1-10H,(H,21,22,23)/b9-8+. The molecule has 0 aliphatic heterocycles. The van der Waals surface area contributed by atoms with E-state index >= 15 is 0 Å². The summed E-state index contributed by atoms with van der Waals surface area (Å²) < 4.78 is 38.1. The van der Waals surface area contributed by atoms with E-state index < -0.39 is 17.6 Å². The first-order valence-electron chi connectivity index (χ1n) is 6.78. The van der Waals surface area contributed by atoms with E-state index in [9.17, 15) is 18.0 Å². The van der Waals surface area contributed by atoms with Crippen molar-refractivity contribution in [1.29, 1.82) is 0 Å². The number of halogens is 3. The first-order chi connectivity index (χ1) is 10.9. The van der Waals surface area contributed by atoms with Gasteiger partial charge in [-0.25, -0.2) is 4.79 Å². The predicted octanol–water partition coefficient (Wildman–Crippen LogP) is 4.11. The highest BCUT2D eigenvalue weighted by Gasteiger charge is 2.32. The molecule has 0 unspecified atom stereocenters. The number of rotatable bonds is 2. The van der Waals surface area contributed by atoms with Gasteiger partial charge < -0.3 is 4.98 Å². The molecular formula is C17H11F3N2O. The molecule has 6 heteroatoms. The minimum Gasteiger partial charge on any atom is -0.302 e. The number of aromatic amines is 1. The summed E-state index contributed by atoms with van der Waals surface area (Å²) in [5, 5.41) is 1.98. The Labute approximate surface area is 129 Å². The van der Waals surface area contributed by atoms with Crippen LogP contribution >= 0.6 is 0 Å². The number of alkyl halides is 3. The van der Waals surface area contributed by atoms with Crippen LogP contribution in [0.1, 0.15) is 17.0 Å². The molecular weight excluding hydrogens is 305 g/mol. The molecule has 0 fully saturated rings. The molecule has 3 aromatic rings. The Morgan fingerprint density at radius 1 is 1.00 bits per heavy atom. The van der Waals surface area contributed by atoms with Crippen molar-refractivity contribution >= 4 is 22.9 Å². The highest BCUT2D eigenvalue weighted by molar-refractivity contribution is 5.92. The van der Waals surface area contributed by atoms with Gasteiger partial charge in [-0.15, -0.1) is 0 Å². The topological polar surface area (TPSA) is 45.8 Å². The summed E-state index contributed by atoms with van der Waals surface area (Å²) in [6.07, 6.45) is -1.58. The van der Waals surface area contributed by atoms with Crippen LogP contribution in [-0.4, -0.2) is 9.97 Å². The SMILES string of the molecule is O=c1nc(/C=C/c2cccc3ccccc23)cc(C(F)(F)F)[nH]1. The quantitative estimate of drug-likeness (QED) is 0.773. The molecule has 1 N–H and O–H groups in total. The Morgan fingerprint density at radius 2 is 1.74 bits per heavy atom. The van der Waals surface area contributed by atoms with E-state index in [1.807, 2.05) is 42.5 Å². The van der Waals surface area contributed by atoms with Gasteiger partial charge in [-0.1, -0.05) is 48.5 Å². The highest BCUT2D eigenvalue weighted by atomic mass is 19.4. The molecule has 0 aliphatic rings. The number of hydrogen-bond acceptors (Lipinski definition) is 2. The number of benzene rings is 2. The van der Waals surface area contributed by atoms with Crippen LogP contribution in [0.4, 0.5) is 13.2 Å². The molecule has 0 bridgehead atoms. The van der Waals surface area contributed by atoms with E-state index in [-0.39, 0.29) is 5.69 Å². The minimum absolute atomic E-state index is 0.0472. The normalized spacial score (nSPS) is 12.1. The fraction of sp³-hybridized carbons (Fsp3) is 0.0588. The van der Waals surface area contributed by atoms with Crippen LogP contribution in [0.3, 0.4) is 0 Å². The van der Waals surface area contributed by atoms with Crippen molar-refractivity contribution in [3.05, 3.63) is 76.0 Å². The predicted molar refractivity (Wildman–Crippen MR) is 82.7 cm³/mol. The maximum Gasteiger partial charge on any atom is 0.431 e. The van der Waals surface area contributed by atoms with E-state index in [1.165, 1.54) is 6.08 Å². The van der Waals surface area contributed by atoms with Crippen LogP contribution < -0.4 is 5.69 Å². The first kappa shape index (κ1) is 15.0. The molecule has 0 saturated carbocycles. The van der Waals surface area contributed by atoms with Gasteiger partial charge in [0.05, 0.1) is 5.69 Å². The lowest BCUT2D eigenvalue weighted by Crippen LogP contribution is -2.19. The monoisotopic (exact) mass is 316 g/mol. The van der Waals surface area contributed by atoms with Gasteiger partial charge in [0, 0.05) is 0 Å². The van der Waals surface area contributed by atoms with Gasteiger partial charge in [0.2, 0.25) is 0 Å². The molecule has 1 aromatic heterocycles. The largest absolute Gasteiger partial charge is 0.431 e. The fourth-order valence-corrected chi connectivity index (χ4v) is 2.29. The third kappa shape index (κ3) is 3.31. The summed E-state index contributed by atoms with van der Waals surface area (Å²) >= 11 is 0. The lowest BCUT2D eigenvalue weighted by atomic mass is 10.0.